The predicted molar refractivity (Wildman–Crippen MR) is 75.0 cm³/mol. The van der Waals surface area contributed by atoms with Crippen molar-refractivity contribution in [1.82, 2.24) is 15.1 Å². The maximum absolute atomic E-state index is 11.5. The summed E-state index contributed by atoms with van der Waals surface area (Å²) >= 11 is 0. The number of nitrogens with zero attached hydrogens (tertiary/aromatic N) is 3. The molecule has 0 atom stereocenters. The molecule has 3 rings (SSSR count). The van der Waals surface area contributed by atoms with Gasteiger partial charge in [0.2, 0.25) is 5.89 Å². The van der Waals surface area contributed by atoms with Gasteiger partial charge < -0.3 is 13.7 Å². The standard InChI is InChI=1S/C15H13N3O4/c1-2-20-15(19)13-9-21-14(17-13)8-10-7-12(18-22-10)11-5-3-4-6-16-11/h3-7,9H,2,8H2,1H3. The van der Waals surface area contributed by atoms with Crippen LogP contribution in [-0.2, 0) is 11.2 Å². The van der Waals surface area contributed by atoms with Crippen LogP contribution in [0.25, 0.3) is 11.4 Å². The van der Waals surface area contributed by atoms with Crippen LogP contribution in [0.2, 0.25) is 0 Å². The summed E-state index contributed by atoms with van der Waals surface area (Å²) in [7, 11) is 0. The van der Waals surface area contributed by atoms with Crippen molar-refractivity contribution >= 4 is 5.97 Å². The van der Waals surface area contributed by atoms with E-state index in [0.29, 0.717) is 23.8 Å². The normalized spacial score (nSPS) is 10.6. The summed E-state index contributed by atoms with van der Waals surface area (Å²) in [6, 6.07) is 7.30. The van der Waals surface area contributed by atoms with Crippen LogP contribution in [0.1, 0.15) is 29.1 Å². The zero-order valence-corrected chi connectivity index (χ0v) is 11.9. The largest absolute Gasteiger partial charge is 0.461 e. The minimum absolute atomic E-state index is 0.140. The van der Waals surface area contributed by atoms with E-state index in [1.54, 1.807) is 19.2 Å². The van der Waals surface area contributed by atoms with Gasteiger partial charge in [-0.3, -0.25) is 4.98 Å². The molecule has 0 saturated carbocycles. The minimum atomic E-state index is -0.510. The lowest BCUT2D eigenvalue weighted by atomic mass is 10.2. The van der Waals surface area contributed by atoms with Gasteiger partial charge in [-0.1, -0.05) is 11.2 Å². The second kappa shape index (κ2) is 6.21. The summed E-state index contributed by atoms with van der Waals surface area (Å²) < 4.78 is 15.3. The predicted octanol–water partition coefficient (Wildman–Crippen LogP) is 2.49. The molecule has 0 aliphatic heterocycles. The second-order valence-electron chi connectivity index (χ2n) is 4.42. The molecule has 0 aromatic carbocycles. The molecule has 22 heavy (non-hydrogen) atoms. The maximum Gasteiger partial charge on any atom is 0.360 e. The third-order valence-electron chi connectivity index (χ3n) is 2.85. The Morgan fingerprint density at radius 2 is 2.23 bits per heavy atom. The van der Waals surface area contributed by atoms with Crippen LogP contribution in [-0.4, -0.2) is 27.7 Å². The molecule has 3 heterocycles. The molecule has 112 valence electrons. The average molecular weight is 299 g/mol. The van der Waals surface area contributed by atoms with E-state index >= 15 is 0 Å². The summed E-state index contributed by atoms with van der Waals surface area (Å²) in [5, 5.41) is 3.96. The summed E-state index contributed by atoms with van der Waals surface area (Å²) in [5.41, 5.74) is 1.49. The van der Waals surface area contributed by atoms with E-state index < -0.39 is 5.97 Å². The van der Waals surface area contributed by atoms with Gasteiger partial charge in [0.25, 0.3) is 0 Å². The van der Waals surface area contributed by atoms with Crippen molar-refractivity contribution in [2.45, 2.75) is 13.3 Å². The van der Waals surface area contributed by atoms with Crippen LogP contribution in [0.3, 0.4) is 0 Å². The van der Waals surface area contributed by atoms with Gasteiger partial charge in [-0.2, -0.15) is 0 Å². The van der Waals surface area contributed by atoms with Crippen molar-refractivity contribution in [2.24, 2.45) is 0 Å². The molecule has 0 amide bonds. The first-order valence-corrected chi connectivity index (χ1v) is 6.74. The molecule has 7 nitrogen and oxygen atoms in total. The highest BCUT2D eigenvalue weighted by atomic mass is 16.5. The lowest BCUT2D eigenvalue weighted by Gasteiger charge is -1.94. The van der Waals surface area contributed by atoms with Gasteiger partial charge in [0, 0.05) is 12.3 Å². The Labute approximate surface area is 125 Å². The average Bonchev–Trinajstić information content (AvgIpc) is 3.18. The van der Waals surface area contributed by atoms with Crippen molar-refractivity contribution < 1.29 is 18.5 Å². The van der Waals surface area contributed by atoms with E-state index in [1.807, 2.05) is 18.2 Å². The van der Waals surface area contributed by atoms with Gasteiger partial charge in [-0.15, -0.1) is 0 Å². The highest BCUT2D eigenvalue weighted by Gasteiger charge is 2.15. The number of rotatable bonds is 5. The van der Waals surface area contributed by atoms with Gasteiger partial charge in [0.15, 0.2) is 5.69 Å². The van der Waals surface area contributed by atoms with Gasteiger partial charge in [0.05, 0.1) is 18.7 Å². The quantitative estimate of drug-likeness (QED) is 0.668. The summed E-state index contributed by atoms with van der Waals surface area (Å²) in [5.74, 6) is 0.411. The number of aromatic nitrogens is 3. The zero-order valence-electron chi connectivity index (χ0n) is 11.9. The maximum atomic E-state index is 11.5. The molecule has 7 heteroatoms. The summed E-state index contributed by atoms with van der Waals surface area (Å²) in [6.45, 7) is 2.02. The summed E-state index contributed by atoms with van der Waals surface area (Å²) in [4.78, 5) is 19.8. The summed E-state index contributed by atoms with van der Waals surface area (Å²) in [6.07, 6.45) is 3.24. The van der Waals surface area contributed by atoms with Gasteiger partial charge in [0.1, 0.15) is 17.7 Å². The molecule has 0 fully saturated rings. The highest BCUT2D eigenvalue weighted by Crippen LogP contribution is 2.18. The molecule has 0 bridgehead atoms. The van der Waals surface area contributed by atoms with E-state index in [4.69, 9.17) is 13.7 Å². The smallest absolute Gasteiger partial charge is 0.360 e. The lowest BCUT2D eigenvalue weighted by molar-refractivity contribution is 0.0519. The van der Waals surface area contributed by atoms with Crippen LogP contribution in [0, 0.1) is 0 Å². The van der Waals surface area contributed by atoms with E-state index in [2.05, 4.69) is 15.1 Å². The van der Waals surface area contributed by atoms with Crippen LogP contribution < -0.4 is 0 Å². The Bertz CT molecular complexity index is 764. The number of carbonyl (C=O) groups is 1. The highest BCUT2D eigenvalue weighted by molar-refractivity contribution is 5.86. The van der Waals surface area contributed by atoms with Crippen molar-refractivity contribution in [3.8, 4) is 11.4 Å². The van der Waals surface area contributed by atoms with E-state index in [0.717, 1.165) is 5.69 Å². The number of hydrogen-bond acceptors (Lipinski definition) is 7. The lowest BCUT2D eigenvalue weighted by Crippen LogP contribution is -2.05. The van der Waals surface area contributed by atoms with Crippen LogP contribution >= 0.6 is 0 Å². The molecule has 0 aliphatic carbocycles. The van der Waals surface area contributed by atoms with Crippen LogP contribution in [0.4, 0.5) is 0 Å². The Hall–Kier alpha value is -2.96. The zero-order chi connectivity index (χ0) is 15.4. The Balaban J connectivity index is 1.72. The van der Waals surface area contributed by atoms with E-state index in [1.165, 1.54) is 6.26 Å². The number of ether oxygens (including phenoxy) is 1. The molecule has 0 N–H and O–H groups in total. The Morgan fingerprint density at radius 1 is 1.32 bits per heavy atom. The molecule has 0 spiro atoms. The van der Waals surface area contributed by atoms with Crippen molar-refractivity contribution in [1.29, 1.82) is 0 Å². The molecular formula is C15H13N3O4. The Morgan fingerprint density at radius 3 is 3.00 bits per heavy atom. The molecular weight excluding hydrogens is 286 g/mol. The molecule has 0 saturated heterocycles. The van der Waals surface area contributed by atoms with Gasteiger partial charge in [-0.05, 0) is 19.1 Å². The monoisotopic (exact) mass is 299 g/mol. The van der Waals surface area contributed by atoms with Gasteiger partial charge in [-0.25, -0.2) is 9.78 Å². The number of hydrogen-bond donors (Lipinski definition) is 0. The molecule has 0 aliphatic rings. The minimum Gasteiger partial charge on any atom is -0.461 e. The fraction of sp³-hybridized carbons (Fsp3) is 0.200. The van der Waals surface area contributed by atoms with Gasteiger partial charge >= 0.3 is 5.97 Å². The van der Waals surface area contributed by atoms with Crippen LogP contribution in [0.5, 0.6) is 0 Å². The third kappa shape index (κ3) is 3.03. The molecule has 3 aromatic heterocycles. The number of esters is 1. The first-order valence-electron chi connectivity index (χ1n) is 6.74. The van der Waals surface area contributed by atoms with E-state index in [-0.39, 0.29) is 12.3 Å². The van der Waals surface area contributed by atoms with E-state index in [9.17, 15) is 4.79 Å². The second-order valence-corrected chi connectivity index (χ2v) is 4.42. The topological polar surface area (TPSA) is 91.2 Å². The first-order chi connectivity index (χ1) is 10.8. The first kappa shape index (κ1) is 14.0. The number of carbonyl (C=O) groups excluding carboxylic acids is 1. The fourth-order valence-corrected chi connectivity index (χ4v) is 1.87. The SMILES string of the molecule is CCOC(=O)c1coc(Cc2cc(-c3ccccn3)no2)n1. The molecule has 3 aromatic rings. The number of oxazole rings is 1. The molecule has 0 unspecified atom stereocenters. The molecule has 0 radical (unpaired) electrons. The number of pyridine rings is 1. The Kier molecular flexibility index (Phi) is 3.95. The van der Waals surface area contributed by atoms with Crippen molar-refractivity contribution in [3.63, 3.8) is 0 Å². The van der Waals surface area contributed by atoms with Crippen molar-refractivity contribution in [2.75, 3.05) is 6.61 Å². The fourth-order valence-electron chi connectivity index (χ4n) is 1.87. The van der Waals surface area contributed by atoms with Crippen molar-refractivity contribution in [3.05, 3.63) is 54.1 Å². The third-order valence-corrected chi connectivity index (χ3v) is 2.85. The van der Waals surface area contributed by atoms with Crippen LogP contribution in [0.15, 0.2) is 45.7 Å².